The molecule has 1 N–H and O–H groups in total. The molecular formula is C19H25NO3S. The number of aliphatic hydroxyl groups excluding tert-OH is 1. The van der Waals surface area contributed by atoms with E-state index < -0.39 is 0 Å². The number of benzene rings is 1. The molecule has 0 spiro atoms. The molecule has 2 rings (SSSR count). The number of aryl methyl sites for hydroxylation is 1. The topological polar surface area (TPSA) is 57.6 Å². The van der Waals surface area contributed by atoms with Gasteiger partial charge in [0.1, 0.15) is 0 Å². The van der Waals surface area contributed by atoms with Gasteiger partial charge in [0, 0.05) is 12.3 Å². The van der Waals surface area contributed by atoms with Crippen molar-refractivity contribution in [2.45, 2.75) is 39.5 Å². The van der Waals surface area contributed by atoms with Crippen LogP contribution in [0.15, 0.2) is 29.2 Å². The summed E-state index contributed by atoms with van der Waals surface area (Å²) in [6.45, 7) is 4.57. The van der Waals surface area contributed by atoms with E-state index in [4.69, 9.17) is 5.11 Å². The average molecular weight is 347 g/mol. The molecule has 130 valence electrons. The number of carbonyl (C=O) groups is 2. The summed E-state index contributed by atoms with van der Waals surface area (Å²) < 4.78 is 0. The van der Waals surface area contributed by atoms with Gasteiger partial charge in [-0.15, -0.1) is 11.8 Å². The number of aliphatic hydroxyl groups is 1. The lowest BCUT2D eigenvalue weighted by molar-refractivity contribution is -0.136. The van der Waals surface area contributed by atoms with Crippen LogP contribution in [-0.2, 0) is 9.59 Å². The fourth-order valence-corrected chi connectivity index (χ4v) is 3.59. The summed E-state index contributed by atoms with van der Waals surface area (Å²) in [7, 11) is 0. The van der Waals surface area contributed by atoms with Gasteiger partial charge in [-0.1, -0.05) is 56.0 Å². The number of thioether (sulfide) groups is 1. The molecule has 1 aliphatic heterocycles. The van der Waals surface area contributed by atoms with Gasteiger partial charge in [0.25, 0.3) is 11.8 Å². The Hall–Kier alpha value is -1.59. The second kappa shape index (κ2) is 9.04. The third-order valence-corrected chi connectivity index (χ3v) is 5.09. The van der Waals surface area contributed by atoms with Gasteiger partial charge in [0.05, 0.1) is 17.1 Å². The minimum absolute atomic E-state index is 0.0205. The van der Waals surface area contributed by atoms with Gasteiger partial charge < -0.3 is 5.11 Å². The quantitative estimate of drug-likeness (QED) is 0.549. The van der Waals surface area contributed by atoms with Crippen molar-refractivity contribution < 1.29 is 14.7 Å². The number of amides is 2. The highest BCUT2D eigenvalue weighted by molar-refractivity contribution is 8.04. The number of carbonyl (C=O) groups excluding carboxylic acids is 2. The van der Waals surface area contributed by atoms with Gasteiger partial charge in [0.2, 0.25) is 0 Å². The molecule has 1 aliphatic rings. The highest BCUT2D eigenvalue weighted by Gasteiger charge is 2.38. The van der Waals surface area contributed by atoms with Crippen LogP contribution in [0, 0.1) is 6.92 Å². The van der Waals surface area contributed by atoms with Gasteiger partial charge in [0.15, 0.2) is 0 Å². The first-order valence-electron chi connectivity index (χ1n) is 8.51. The van der Waals surface area contributed by atoms with E-state index in [0.29, 0.717) is 22.8 Å². The van der Waals surface area contributed by atoms with Crippen molar-refractivity contribution in [3.63, 3.8) is 0 Å². The summed E-state index contributed by atoms with van der Waals surface area (Å²) in [4.78, 5) is 27.3. The first kappa shape index (κ1) is 18.7. The van der Waals surface area contributed by atoms with Crippen LogP contribution in [0.5, 0.6) is 0 Å². The molecule has 0 atom stereocenters. The largest absolute Gasteiger partial charge is 0.396 e. The molecule has 0 unspecified atom stereocenters. The van der Waals surface area contributed by atoms with E-state index in [9.17, 15) is 9.59 Å². The molecule has 1 heterocycles. The first-order valence-corrected chi connectivity index (χ1v) is 9.49. The highest BCUT2D eigenvalue weighted by Crippen LogP contribution is 2.36. The molecule has 0 aliphatic carbocycles. The Kier molecular flexibility index (Phi) is 7.06. The van der Waals surface area contributed by atoms with Gasteiger partial charge in [-0.3, -0.25) is 14.5 Å². The Morgan fingerprint density at radius 1 is 1.04 bits per heavy atom. The standard InChI is InChI=1S/C19H25NO3S/c1-3-4-5-6-11-20-18(22)16(15-9-7-14(2)8-10-15)17(19(20)23)24-13-12-21/h7-10,21H,3-6,11-13H2,1-2H3. The van der Waals surface area contributed by atoms with Crippen LogP contribution in [0.1, 0.15) is 43.7 Å². The molecule has 5 heteroatoms. The SMILES string of the molecule is CCCCCCN1C(=O)C(SCCO)=C(c2ccc(C)cc2)C1=O. The third kappa shape index (κ3) is 4.28. The molecule has 0 saturated heterocycles. The second-order valence-corrected chi connectivity index (χ2v) is 7.07. The minimum Gasteiger partial charge on any atom is -0.396 e. The molecule has 1 aromatic carbocycles. The molecule has 0 radical (unpaired) electrons. The smallest absolute Gasteiger partial charge is 0.267 e. The first-order chi connectivity index (χ1) is 11.6. The highest BCUT2D eigenvalue weighted by atomic mass is 32.2. The van der Waals surface area contributed by atoms with Crippen molar-refractivity contribution in [3.05, 3.63) is 40.3 Å². The van der Waals surface area contributed by atoms with Crippen LogP contribution < -0.4 is 0 Å². The predicted molar refractivity (Wildman–Crippen MR) is 98.5 cm³/mol. The number of hydrogen-bond donors (Lipinski definition) is 1. The van der Waals surface area contributed by atoms with Gasteiger partial charge in [-0.05, 0) is 18.9 Å². The van der Waals surface area contributed by atoms with Crippen molar-refractivity contribution in [2.75, 3.05) is 18.9 Å². The number of nitrogens with zero attached hydrogens (tertiary/aromatic N) is 1. The molecule has 4 nitrogen and oxygen atoms in total. The Morgan fingerprint density at radius 3 is 2.38 bits per heavy atom. The minimum atomic E-state index is -0.217. The average Bonchev–Trinajstić information content (AvgIpc) is 2.81. The maximum atomic E-state index is 12.8. The number of unbranched alkanes of at least 4 members (excludes halogenated alkanes) is 3. The predicted octanol–water partition coefficient (Wildman–Crippen LogP) is 3.38. The summed E-state index contributed by atoms with van der Waals surface area (Å²) in [5, 5.41) is 9.09. The maximum absolute atomic E-state index is 12.8. The molecule has 0 fully saturated rings. The number of imide groups is 1. The van der Waals surface area contributed by atoms with E-state index in [2.05, 4.69) is 6.92 Å². The fourth-order valence-electron chi connectivity index (χ4n) is 2.71. The normalized spacial score (nSPS) is 14.9. The van der Waals surface area contributed by atoms with E-state index in [-0.39, 0.29) is 18.4 Å². The van der Waals surface area contributed by atoms with E-state index in [1.54, 1.807) is 0 Å². The molecule has 0 bridgehead atoms. The monoisotopic (exact) mass is 347 g/mol. The molecule has 2 amide bonds. The van der Waals surface area contributed by atoms with E-state index >= 15 is 0 Å². The Morgan fingerprint density at radius 2 is 1.75 bits per heavy atom. The maximum Gasteiger partial charge on any atom is 0.267 e. The van der Waals surface area contributed by atoms with Crippen LogP contribution in [-0.4, -0.2) is 40.7 Å². The van der Waals surface area contributed by atoms with Crippen molar-refractivity contribution >= 4 is 29.1 Å². The summed E-state index contributed by atoms with van der Waals surface area (Å²) >= 11 is 1.27. The Labute approximate surface area is 147 Å². The van der Waals surface area contributed by atoms with E-state index in [0.717, 1.165) is 36.8 Å². The van der Waals surface area contributed by atoms with Crippen LogP contribution in [0.25, 0.3) is 5.57 Å². The zero-order valence-electron chi connectivity index (χ0n) is 14.4. The molecule has 24 heavy (non-hydrogen) atoms. The van der Waals surface area contributed by atoms with Crippen molar-refractivity contribution in [1.82, 2.24) is 4.90 Å². The second-order valence-electron chi connectivity index (χ2n) is 5.96. The van der Waals surface area contributed by atoms with Crippen LogP contribution >= 0.6 is 11.8 Å². The number of rotatable bonds is 9. The van der Waals surface area contributed by atoms with Gasteiger partial charge >= 0.3 is 0 Å². The molecule has 0 saturated carbocycles. The van der Waals surface area contributed by atoms with Crippen molar-refractivity contribution in [3.8, 4) is 0 Å². The van der Waals surface area contributed by atoms with Crippen LogP contribution in [0.4, 0.5) is 0 Å². The van der Waals surface area contributed by atoms with Crippen LogP contribution in [0.2, 0.25) is 0 Å². The summed E-state index contributed by atoms with van der Waals surface area (Å²) in [6.07, 6.45) is 4.09. The van der Waals surface area contributed by atoms with Crippen molar-refractivity contribution in [2.24, 2.45) is 0 Å². The van der Waals surface area contributed by atoms with Gasteiger partial charge in [-0.2, -0.15) is 0 Å². The number of hydrogen-bond acceptors (Lipinski definition) is 4. The van der Waals surface area contributed by atoms with Crippen LogP contribution in [0.3, 0.4) is 0 Å². The summed E-state index contributed by atoms with van der Waals surface area (Å²) in [6, 6.07) is 7.66. The lowest BCUT2D eigenvalue weighted by Crippen LogP contribution is -2.32. The summed E-state index contributed by atoms with van der Waals surface area (Å²) in [5.74, 6) is -0.0146. The van der Waals surface area contributed by atoms with Crippen molar-refractivity contribution in [1.29, 1.82) is 0 Å². The van der Waals surface area contributed by atoms with E-state index in [1.807, 2.05) is 31.2 Å². The lowest BCUT2D eigenvalue weighted by Gasteiger charge is -2.14. The zero-order valence-corrected chi connectivity index (χ0v) is 15.2. The zero-order chi connectivity index (χ0) is 17.5. The molecule has 0 aromatic heterocycles. The Balaban J connectivity index is 2.24. The molecule has 1 aromatic rings. The molecular weight excluding hydrogens is 322 g/mol. The van der Waals surface area contributed by atoms with E-state index in [1.165, 1.54) is 16.7 Å². The Bertz CT molecular complexity index is 622. The third-order valence-electron chi connectivity index (χ3n) is 4.04. The lowest BCUT2D eigenvalue weighted by atomic mass is 10.0. The van der Waals surface area contributed by atoms with Gasteiger partial charge in [-0.25, -0.2) is 0 Å². The summed E-state index contributed by atoms with van der Waals surface area (Å²) in [5.41, 5.74) is 2.36. The fraction of sp³-hybridized carbons (Fsp3) is 0.474.